The Bertz CT molecular complexity index is 596. The van der Waals surface area contributed by atoms with Gasteiger partial charge in [0, 0.05) is 5.69 Å². The highest BCUT2D eigenvalue weighted by Crippen LogP contribution is 2.36. The van der Waals surface area contributed by atoms with Crippen LogP contribution in [-0.4, -0.2) is 13.3 Å². The van der Waals surface area contributed by atoms with Crippen molar-refractivity contribution in [1.29, 1.82) is 0 Å². The number of benzene rings is 2. The van der Waals surface area contributed by atoms with E-state index in [1.54, 1.807) is 43.3 Å². The molecule has 1 atom stereocenters. The molecule has 0 aliphatic rings. The van der Waals surface area contributed by atoms with Crippen LogP contribution in [0.5, 0.6) is 5.75 Å². The minimum atomic E-state index is -4.38. The molecule has 0 aliphatic heterocycles. The van der Waals surface area contributed by atoms with Crippen molar-refractivity contribution in [2.24, 2.45) is 0 Å². The summed E-state index contributed by atoms with van der Waals surface area (Å²) in [6, 6.07) is 11.0. The highest BCUT2D eigenvalue weighted by Gasteiger charge is 2.40. The molecule has 2 nitrogen and oxygen atoms in total. The van der Waals surface area contributed by atoms with Crippen LogP contribution in [0.4, 0.5) is 18.9 Å². The van der Waals surface area contributed by atoms with Gasteiger partial charge in [-0.15, -0.1) is 0 Å². The van der Waals surface area contributed by atoms with E-state index in [1.165, 1.54) is 19.2 Å². The summed E-state index contributed by atoms with van der Waals surface area (Å²) in [7, 11) is 1.52. The number of hydrogen-bond donors (Lipinski definition) is 1. The van der Waals surface area contributed by atoms with Crippen molar-refractivity contribution in [1.82, 2.24) is 0 Å². The predicted molar refractivity (Wildman–Crippen MR) is 76.6 cm³/mol. The van der Waals surface area contributed by atoms with Gasteiger partial charge in [-0.25, -0.2) is 0 Å². The molecule has 0 fully saturated rings. The molecular weight excluding hydrogens is 279 g/mol. The number of alkyl halides is 3. The Morgan fingerprint density at radius 3 is 2.24 bits per heavy atom. The normalized spacial score (nSPS) is 12.8. The predicted octanol–water partition coefficient (Wildman–Crippen LogP) is 4.72. The number of anilines is 1. The van der Waals surface area contributed by atoms with Gasteiger partial charge in [0.05, 0.1) is 7.11 Å². The third kappa shape index (κ3) is 3.68. The summed E-state index contributed by atoms with van der Waals surface area (Å²) >= 11 is 0. The Balaban J connectivity index is 2.32. The zero-order chi connectivity index (χ0) is 15.5. The van der Waals surface area contributed by atoms with Crippen LogP contribution in [0.3, 0.4) is 0 Å². The van der Waals surface area contributed by atoms with Gasteiger partial charge in [-0.05, 0) is 36.2 Å². The average molecular weight is 295 g/mol. The fourth-order valence-corrected chi connectivity index (χ4v) is 2.08. The molecule has 0 aromatic heterocycles. The molecular formula is C16H16F3NO. The molecule has 112 valence electrons. The van der Waals surface area contributed by atoms with Crippen LogP contribution in [0.1, 0.15) is 17.2 Å². The Kier molecular flexibility index (Phi) is 4.40. The molecule has 0 amide bonds. The maximum atomic E-state index is 13.3. The molecule has 0 radical (unpaired) electrons. The van der Waals surface area contributed by atoms with E-state index in [0.717, 1.165) is 0 Å². The third-order valence-electron chi connectivity index (χ3n) is 3.19. The van der Waals surface area contributed by atoms with Crippen molar-refractivity contribution in [3.63, 3.8) is 0 Å². The average Bonchev–Trinajstić information content (AvgIpc) is 2.45. The van der Waals surface area contributed by atoms with Gasteiger partial charge in [-0.2, -0.15) is 13.2 Å². The fraction of sp³-hybridized carbons (Fsp3) is 0.250. The summed E-state index contributed by atoms with van der Waals surface area (Å²) in [5.74, 6) is 0.612. The van der Waals surface area contributed by atoms with Crippen LogP contribution in [-0.2, 0) is 0 Å². The van der Waals surface area contributed by atoms with Gasteiger partial charge in [0.15, 0.2) is 0 Å². The van der Waals surface area contributed by atoms with E-state index in [0.29, 0.717) is 17.0 Å². The second kappa shape index (κ2) is 6.08. The van der Waals surface area contributed by atoms with E-state index in [4.69, 9.17) is 4.74 Å². The van der Waals surface area contributed by atoms with Gasteiger partial charge in [0.1, 0.15) is 11.8 Å². The van der Waals surface area contributed by atoms with Crippen molar-refractivity contribution in [3.8, 4) is 5.75 Å². The van der Waals surface area contributed by atoms with E-state index in [2.05, 4.69) is 5.32 Å². The van der Waals surface area contributed by atoms with E-state index in [1.807, 2.05) is 0 Å². The van der Waals surface area contributed by atoms with E-state index < -0.39 is 12.2 Å². The smallest absolute Gasteiger partial charge is 0.412 e. The molecule has 0 aliphatic carbocycles. The summed E-state index contributed by atoms with van der Waals surface area (Å²) in [5, 5.41) is 2.57. The molecule has 2 aromatic rings. The fourth-order valence-electron chi connectivity index (χ4n) is 2.08. The Hall–Kier alpha value is -2.17. The Labute approximate surface area is 121 Å². The number of hydrogen-bond acceptors (Lipinski definition) is 2. The van der Waals surface area contributed by atoms with Gasteiger partial charge >= 0.3 is 6.18 Å². The monoisotopic (exact) mass is 295 g/mol. The summed E-state index contributed by atoms with van der Waals surface area (Å²) in [6.45, 7) is 1.74. The Morgan fingerprint density at radius 2 is 1.71 bits per heavy atom. The van der Waals surface area contributed by atoms with Crippen LogP contribution in [0.2, 0.25) is 0 Å². The zero-order valence-corrected chi connectivity index (χ0v) is 11.7. The molecule has 0 heterocycles. The molecule has 1 unspecified atom stereocenters. The van der Waals surface area contributed by atoms with Crippen LogP contribution in [0.25, 0.3) is 0 Å². The minimum absolute atomic E-state index is 0.181. The lowest BCUT2D eigenvalue weighted by molar-refractivity contribution is -0.144. The zero-order valence-electron chi connectivity index (χ0n) is 11.7. The molecule has 5 heteroatoms. The molecule has 2 rings (SSSR count). The van der Waals surface area contributed by atoms with Crippen molar-refractivity contribution >= 4 is 5.69 Å². The largest absolute Gasteiger partial charge is 0.497 e. The number of rotatable bonds is 4. The highest BCUT2D eigenvalue weighted by atomic mass is 19.4. The van der Waals surface area contributed by atoms with E-state index in [9.17, 15) is 13.2 Å². The standard InChI is InChI=1S/C16H16F3NO/c1-11-10-13(21-2)8-9-14(11)20-15(16(17,18)19)12-6-4-3-5-7-12/h3-10,15,20H,1-2H3. The first-order valence-electron chi connectivity index (χ1n) is 6.44. The number of aryl methyl sites for hydroxylation is 1. The Morgan fingerprint density at radius 1 is 1.05 bits per heavy atom. The molecule has 0 spiro atoms. The molecule has 0 bridgehead atoms. The van der Waals surface area contributed by atoms with Gasteiger partial charge in [-0.1, -0.05) is 30.3 Å². The summed E-state index contributed by atoms with van der Waals surface area (Å²) < 4.78 is 44.9. The van der Waals surface area contributed by atoms with Crippen LogP contribution in [0, 0.1) is 6.92 Å². The summed E-state index contributed by atoms with van der Waals surface area (Å²) in [4.78, 5) is 0. The summed E-state index contributed by atoms with van der Waals surface area (Å²) in [6.07, 6.45) is -4.38. The van der Waals surface area contributed by atoms with E-state index in [-0.39, 0.29) is 5.56 Å². The van der Waals surface area contributed by atoms with Gasteiger partial charge in [0.2, 0.25) is 0 Å². The number of methoxy groups -OCH3 is 1. The lowest BCUT2D eigenvalue weighted by atomic mass is 10.1. The quantitative estimate of drug-likeness (QED) is 0.881. The molecule has 2 aromatic carbocycles. The SMILES string of the molecule is COc1ccc(NC(c2ccccc2)C(F)(F)F)c(C)c1. The third-order valence-corrected chi connectivity index (χ3v) is 3.19. The maximum Gasteiger partial charge on any atom is 0.412 e. The summed E-state index contributed by atoms with van der Waals surface area (Å²) in [5.41, 5.74) is 1.31. The minimum Gasteiger partial charge on any atom is -0.497 e. The second-order valence-corrected chi connectivity index (χ2v) is 4.71. The van der Waals surface area contributed by atoms with Crippen LogP contribution < -0.4 is 10.1 Å². The van der Waals surface area contributed by atoms with E-state index >= 15 is 0 Å². The van der Waals surface area contributed by atoms with Crippen LogP contribution >= 0.6 is 0 Å². The molecule has 21 heavy (non-hydrogen) atoms. The lowest BCUT2D eigenvalue weighted by Crippen LogP contribution is -2.28. The van der Waals surface area contributed by atoms with Gasteiger partial charge < -0.3 is 10.1 Å². The van der Waals surface area contributed by atoms with Crippen LogP contribution in [0.15, 0.2) is 48.5 Å². The highest BCUT2D eigenvalue weighted by molar-refractivity contribution is 5.55. The molecule has 1 N–H and O–H groups in total. The van der Waals surface area contributed by atoms with Gasteiger partial charge in [0.25, 0.3) is 0 Å². The first-order chi connectivity index (χ1) is 9.91. The second-order valence-electron chi connectivity index (χ2n) is 4.71. The topological polar surface area (TPSA) is 21.3 Å². The molecule has 0 saturated carbocycles. The lowest BCUT2D eigenvalue weighted by Gasteiger charge is -2.24. The molecule has 0 saturated heterocycles. The number of nitrogens with one attached hydrogen (secondary N) is 1. The first-order valence-corrected chi connectivity index (χ1v) is 6.44. The van der Waals surface area contributed by atoms with Crippen molar-refractivity contribution in [2.75, 3.05) is 12.4 Å². The maximum absolute atomic E-state index is 13.3. The van der Waals surface area contributed by atoms with Crippen molar-refractivity contribution in [2.45, 2.75) is 19.1 Å². The van der Waals surface area contributed by atoms with Gasteiger partial charge in [-0.3, -0.25) is 0 Å². The van der Waals surface area contributed by atoms with Crippen molar-refractivity contribution in [3.05, 3.63) is 59.7 Å². The van der Waals surface area contributed by atoms with Crippen molar-refractivity contribution < 1.29 is 17.9 Å². The number of halogens is 3. The first kappa shape index (κ1) is 15.2. The number of ether oxygens (including phenoxy) is 1.